The highest BCUT2D eigenvalue weighted by Gasteiger charge is 2.13. The smallest absolute Gasteiger partial charge is 0.129 e. The molecule has 2 nitrogen and oxygen atoms in total. The largest absolute Gasteiger partial charge is 0.295 e. The third kappa shape index (κ3) is 2.23. The first-order chi connectivity index (χ1) is 9.60. The van der Waals surface area contributed by atoms with Crippen molar-refractivity contribution < 1.29 is 4.39 Å². The molecule has 1 aromatic heterocycles. The molecule has 0 spiro atoms. The number of imidazole rings is 1. The van der Waals surface area contributed by atoms with Crippen LogP contribution < -0.4 is 0 Å². The highest BCUT2D eigenvalue weighted by Crippen LogP contribution is 2.26. The molecule has 102 valence electrons. The zero-order chi connectivity index (χ0) is 14.3. The van der Waals surface area contributed by atoms with Gasteiger partial charge in [-0.1, -0.05) is 22.0 Å². The van der Waals surface area contributed by atoms with Crippen molar-refractivity contribution in [2.45, 2.75) is 12.8 Å². The van der Waals surface area contributed by atoms with Gasteiger partial charge in [-0.25, -0.2) is 9.37 Å². The second kappa shape index (κ2) is 5.19. The van der Waals surface area contributed by atoms with Gasteiger partial charge in [0.2, 0.25) is 0 Å². The molecule has 0 aliphatic heterocycles. The highest BCUT2D eigenvalue weighted by atomic mass is 79.9. The summed E-state index contributed by atoms with van der Waals surface area (Å²) >= 11 is 9.50. The van der Waals surface area contributed by atoms with Crippen molar-refractivity contribution in [3.05, 3.63) is 58.1 Å². The standard InChI is InChI=1S/C15H11BrClFN2/c1-9-2-4-11(7-12(9)16)20-14-5-3-10(18)6-13(14)19-15(20)8-17/h2-7H,8H2,1H3. The quantitative estimate of drug-likeness (QED) is 0.594. The number of alkyl halides is 1. The Morgan fingerprint density at radius 2 is 2.05 bits per heavy atom. The molecule has 3 rings (SSSR count). The summed E-state index contributed by atoms with van der Waals surface area (Å²) in [6, 6.07) is 10.6. The summed E-state index contributed by atoms with van der Waals surface area (Å²) in [5, 5.41) is 0. The fourth-order valence-electron chi connectivity index (χ4n) is 2.20. The Morgan fingerprint density at radius 1 is 1.25 bits per heavy atom. The number of benzene rings is 2. The van der Waals surface area contributed by atoms with Gasteiger partial charge in [0.1, 0.15) is 11.6 Å². The predicted octanol–water partition coefficient (Wildman–Crippen LogP) is 4.97. The van der Waals surface area contributed by atoms with Crippen molar-refractivity contribution in [2.75, 3.05) is 0 Å². The van der Waals surface area contributed by atoms with Crippen molar-refractivity contribution >= 4 is 38.6 Å². The van der Waals surface area contributed by atoms with E-state index in [2.05, 4.69) is 20.9 Å². The average Bonchev–Trinajstić information content (AvgIpc) is 2.79. The van der Waals surface area contributed by atoms with E-state index in [-0.39, 0.29) is 11.7 Å². The molecule has 0 saturated carbocycles. The first-order valence-electron chi connectivity index (χ1n) is 6.09. The van der Waals surface area contributed by atoms with Crippen LogP contribution in [-0.2, 0) is 5.88 Å². The number of fused-ring (bicyclic) bond motifs is 1. The minimum atomic E-state index is -0.298. The van der Waals surface area contributed by atoms with Crippen LogP contribution in [0.4, 0.5) is 4.39 Å². The van der Waals surface area contributed by atoms with Crippen LogP contribution in [0.5, 0.6) is 0 Å². The van der Waals surface area contributed by atoms with Crippen LogP contribution in [0.1, 0.15) is 11.4 Å². The Hall–Kier alpha value is -1.39. The summed E-state index contributed by atoms with van der Waals surface area (Å²) in [6.07, 6.45) is 0. The SMILES string of the molecule is Cc1ccc(-n2c(CCl)nc3cc(F)ccc32)cc1Br. The van der Waals surface area contributed by atoms with E-state index >= 15 is 0 Å². The van der Waals surface area contributed by atoms with Crippen molar-refractivity contribution in [3.8, 4) is 5.69 Å². The molecule has 3 aromatic rings. The summed E-state index contributed by atoms with van der Waals surface area (Å²) in [7, 11) is 0. The van der Waals surface area contributed by atoms with Crippen molar-refractivity contribution in [1.82, 2.24) is 9.55 Å². The predicted molar refractivity (Wildman–Crippen MR) is 83.0 cm³/mol. The molecule has 5 heteroatoms. The summed E-state index contributed by atoms with van der Waals surface area (Å²) in [4.78, 5) is 4.40. The van der Waals surface area contributed by atoms with E-state index in [0.29, 0.717) is 11.3 Å². The topological polar surface area (TPSA) is 17.8 Å². The number of aromatic nitrogens is 2. The monoisotopic (exact) mass is 352 g/mol. The number of aryl methyl sites for hydroxylation is 1. The van der Waals surface area contributed by atoms with Crippen molar-refractivity contribution in [2.24, 2.45) is 0 Å². The van der Waals surface area contributed by atoms with E-state index in [4.69, 9.17) is 11.6 Å². The van der Waals surface area contributed by atoms with Crippen molar-refractivity contribution in [1.29, 1.82) is 0 Å². The molecule has 2 aromatic carbocycles. The lowest BCUT2D eigenvalue weighted by Gasteiger charge is -2.09. The number of hydrogen-bond acceptors (Lipinski definition) is 1. The third-order valence-corrected chi connectivity index (χ3v) is 4.31. The molecule has 0 fully saturated rings. The normalized spacial score (nSPS) is 11.2. The van der Waals surface area contributed by atoms with E-state index in [1.165, 1.54) is 12.1 Å². The zero-order valence-corrected chi connectivity index (χ0v) is 13.0. The molecule has 0 atom stereocenters. The van der Waals surface area contributed by atoms with E-state index in [0.717, 1.165) is 21.2 Å². The van der Waals surface area contributed by atoms with Gasteiger partial charge in [-0.15, -0.1) is 11.6 Å². The van der Waals surface area contributed by atoms with Gasteiger partial charge in [0.05, 0.1) is 16.9 Å². The Balaban J connectivity index is 2.30. The summed E-state index contributed by atoms with van der Waals surface area (Å²) in [6.45, 7) is 2.03. The van der Waals surface area contributed by atoms with Crippen LogP contribution in [0.15, 0.2) is 40.9 Å². The van der Waals surface area contributed by atoms with Gasteiger partial charge >= 0.3 is 0 Å². The number of hydrogen-bond donors (Lipinski definition) is 0. The van der Waals surface area contributed by atoms with E-state index in [1.54, 1.807) is 6.07 Å². The second-order valence-electron chi connectivity index (χ2n) is 4.56. The Morgan fingerprint density at radius 3 is 2.75 bits per heavy atom. The van der Waals surface area contributed by atoms with Gasteiger partial charge in [-0.3, -0.25) is 4.57 Å². The first-order valence-corrected chi connectivity index (χ1v) is 7.42. The van der Waals surface area contributed by atoms with Crippen LogP contribution in [0, 0.1) is 12.7 Å². The molecule has 0 unspecified atom stereocenters. The molecule has 1 heterocycles. The van der Waals surface area contributed by atoms with Gasteiger partial charge in [-0.05, 0) is 36.8 Å². The lowest BCUT2D eigenvalue weighted by molar-refractivity contribution is 0.629. The minimum absolute atomic E-state index is 0.266. The molecule has 0 saturated heterocycles. The fourth-order valence-corrected chi connectivity index (χ4v) is 2.75. The number of nitrogens with zero attached hydrogens (tertiary/aromatic N) is 2. The average molecular weight is 354 g/mol. The third-order valence-electron chi connectivity index (χ3n) is 3.22. The zero-order valence-electron chi connectivity index (χ0n) is 10.7. The van der Waals surface area contributed by atoms with Gasteiger partial charge in [0.25, 0.3) is 0 Å². The molecule has 0 aliphatic rings. The molecule has 0 N–H and O–H groups in total. The van der Waals surface area contributed by atoms with E-state index < -0.39 is 0 Å². The van der Waals surface area contributed by atoms with Crippen LogP contribution in [0.25, 0.3) is 16.7 Å². The first kappa shape index (κ1) is 13.6. The minimum Gasteiger partial charge on any atom is -0.295 e. The van der Waals surface area contributed by atoms with E-state index in [1.807, 2.05) is 29.7 Å². The van der Waals surface area contributed by atoms with Crippen molar-refractivity contribution in [3.63, 3.8) is 0 Å². The summed E-state index contributed by atoms with van der Waals surface area (Å²) < 4.78 is 16.3. The lowest BCUT2D eigenvalue weighted by atomic mass is 10.2. The molecule has 0 amide bonds. The van der Waals surface area contributed by atoms with Crippen LogP contribution >= 0.6 is 27.5 Å². The Labute approximate surface area is 129 Å². The molecular formula is C15H11BrClFN2. The number of rotatable bonds is 2. The Kier molecular flexibility index (Phi) is 3.52. The second-order valence-corrected chi connectivity index (χ2v) is 5.69. The van der Waals surface area contributed by atoms with Gasteiger partial charge in [0.15, 0.2) is 0 Å². The highest BCUT2D eigenvalue weighted by molar-refractivity contribution is 9.10. The fraction of sp³-hybridized carbons (Fsp3) is 0.133. The lowest BCUT2D eigenvalue weighted by Crippen LogP contribution is -1.99. The summed E-state index contributed by atoms with van der Waals surface area (Å²) in [5.74, 6) is 0.665. The molecule has 0 bridgehead atoms. The maximum atomic E-state index is 13.3. The van der Waals surface area contributed by atoms with Gasteiger partial charge in [-0.2, -0.15) is 0 Å². The molecule has 0 aliphatic carbocycles. The maximum Gasteiger partial charge on any atom is 0.129 e. The number of halogens is 3. The van der Waals surface area contributed by atoms with Gasteiger partial charge in [0, 0.05) is 16.2 Å². The van der Waals surface area contributed by atoms with E-state index in [9.17, 15) is 4.39 Å². The maximum absolute atomic E-state index is 13.3. The Bertz CT molecular complexity index is 798. The van der Waals surface area contributed by atoms with Gasteiger partial charge < -0.3 is 0 Å². The molecule has 20 heavy (non-hydrogen) atoms. The van der Waals surface area contributed by atoms with Crippen LogP contribution in [-0.4, -0.2) is 9.55 Å². The molecular weight excluding hydrogens is 343 g/mol. The molecule has 0 radical (unpaired) electrons. The van der Waals surface area contributed by atoms with Crippen LogP contribution in [0.3, 0.4) is 0 Å². The summed E-state index contributed by atoms with van der Waals surface area (Å²) in [5.41, 5.74) is 3.55. The van der Waals surface area contributed by atoms with Crippen LogP contribution in [0.2, 0.25) is 0 Å².